The lowest BCUT2D eigenvalue weighted by Crippen LogP contribution is -2.35. The largest absolute Gasteiger partial charge is 0.475 e. The highest BCUT2D eigenvalue weighted by molar-refractivity contribution is 7.48. The molecule has 2 aromatic rings. The number of hydrogen-bond donors (Lipinski definition) is 1. The molecule has 10 heteroatoms. The average Bonchev–Trinajstić information content (AvgIpc) is 3.13. The molecular formula is C22H26NO8P. The summed E-state index contributed by atoms with van der Waals surface area (Å²) in [6.45, 7) is -0.0275. The van der Waals surface area contributed by atoms with Crippen LogP contribution in [-0.2, 0) is 45.8 Å². The van der Waals surface area contributed by atoms with Crippen LogP contribution in [0.2, 0.25) is 0 Å². The number of aliphatic hydroxyl groups excluding tert-OH is 1. The molecule has 0 radical (unpaired) electrons. The van der Waals surface area contributed by atoms with Crippen LogP contribution in [0, 0.1) is 0 Å². The predicted molar refractivity (Wildman–Crippen MR) is 113 cm³/mol. The van der Waals surface area contributed by atoms with E-state index in [1.54, 1.807) is 0 Å². The molecule has 3 rings (SSSR count). The molecule has 1 atom stereocenters. The molecule has 32 heavy (non-hydrogen) atoms. The van der Waals surface area contributed by atoms with E-state index >= 15 is 0 Å². The maximum atomic E-state index is 13.1. The normalized spacial score (nSPS) is 16.3. The summed E-state index contributed by atoms with van der Waals surface area (Å²) in [5.41, 5.74) is 1.61. The third-order valence-electron chi connectivity index (χ3n) is 4.57. The first kappa shape index (κ1) is 24.1. The number of rotatable bonds is 12. The van der Waals surface area contributed by atoms with Crippen LogP contribution in [0.4, 0.5) is 0 Å². The Morgan fingerprint density at radius 3 is 2.03 bits per heavy atom. The maximum Gasteiger partial charge on any atom is 0.475 e. The molecule has 0 spiro atoms. The molecule has 0 aliphatic carbocycles. The molecule has 1 aliphatic rings. The van der Waals surface area contributed by atoms with Crippen molar-refractivity contribution in [3.05, 3.63) is 71.8 Å². The second-order valence-corrected chi connectivity index (χ2v) is 8.77. The van der Waals surface area contributed by atoms with Crippen LogP contribution >= 0.6 is 7.82 Å². The zero-order valence-electron chi connectivity index (χ0n) is 17.5. The molecule has 1 heterocycles. The summed E-state index contributed by atoms with van der Waals surface area (Å²) in [6.07, 6.45) is -0.729. The van der Waals surface area contributed by atoms with E-state index in [2.05, 4.69) is 0 Å². The van der Waals surface area contributed by atoms with Crippen molar-refractivity contribution in [3.63, 3.8) is 0 Å². The highest BCUT2D eigenvalue weighted by Crippen LogP contribution is 2.51. The fourth-order valence-electron chi connectivity index (χ4n) is 2.87. The van der Waals surface area contributed by atoms with Gasteiger partial charge in [-0.15, -0.1) is 5.06 Å². The lowest BCUT2D eigenvalue weighted by atomic mass is 10.2. The summed E-state index contributed by atoms with van der Waals surface area (Å²) in [5, 5.41) is 10.3. The lowest BCUT2D eigenvalue weighted by molar-refractivity contribution is -0.220. The van der Waals surface area contributed by atoms with E-state index in [1.807, 2.05) is 60.7 Å². The number of aliphatic hydroxyl groups is 1. The number of phosphoric acid groups is 1. The Morgan fingerprint density at radius 1 is 0.969 bits per heavy atom. The van der Waals surface area contributed by atoms with Crippen molar-refractivity contribution >= 4 is 19.7 Å². The predicted octanol–water partition coefficient (Wildman–Crippen LogP) is 3.72. The third-order valence-corrected chi connectivity index (χ3v) is 5.96. The van der Waals surface area contributed by atoms with Gasteiger partial charge in [-0.3, -0.25) is 18.4 Å². The van der Waals surface area contributed by atoms with Gasteiger partial charge in [0.05, 0.1) is 26.2 Å². The van der Waals surface area contributed by atoms with Crippen LogP contribution in [0.25, 0.3) is 0 Å². The lowest BCUT2D eigenvalue weighted by Gasteiger charge is -2.19. The standard InChI is InChI=1S/C22H26NO8P/c24-20-13-14-21(25)23(20)31-22(26)12-7-15-28-32(27,29-16-18-8-3-1-4-9-18)30-17-19-10-5-2-6-11-19/h1-6,8-11,20,24H,7,12-17H2. The second kappa shape index (κ2) is 11.9. The van der Waals surface area contributed by atoms with Crippen LogP contribution in [0.5, 0.6) is 0 Å². The molecule has 2 aromatic carbocycles. The maximum absolute atomic E-state index is 13.1. The van der Waals surface area contributed by atoms with E-state index in [0.717, 1.165) is 11.1 Å². The first-order valence-corrected chi connectivity index (χ1v) is 11.7. The molecule has 172 valence electrons. The van der Waals surface area contributed by atoms with E-state index in [4.69, 9.17) is 18.4 Å². The molecule has 1 saturated heterocycles. The molecular weight excluding hydrogens is 437 g/mol. The fourth-order valence-corrected chi connectivity index (χ4v) is 4.06. The minimum atomic E-state index is -3.92. The van der Waals surface area contributed by atoms with E-state index in [-0.39, 0.29) is 45.5 Å². The number of carbonyl (C=O) groups is 2. The number of benzene rings is 2. The number of nitrogens with zero attached hydrogens (tertiary/aromatic N) is 1. The number of hydroxylamine groups is 2. The summed E-state index contributed by atoms with van der Waals surface area (Å²) in [4.78, 5) is 28.4. The van der Waals surface area contributed by atoms with E-state index < -0.39 is 25.9 Å². The van der Waals surface area contributed by atoms with Crippen molar-refractivity contribution < 1.29 is 37.7 Å². The molecule has 1 unspecified atom stereocenters. The highest BCUT2D eigenvalue weighted by atomic mass is 31.2. The number of hydrogen-bond acceptors (Lipinski definition) is 8. The Balaban J connectivity index is 1.49. The van der Waals surface area contributed by atoms with Crippen molar-refractivity contribution in [1.29, 1.82) is 0 Å². The van der Waals surface area contributed by atoms with Gasteiger partial charge in [0.1, 0.15) is 0 Å². The van der Waals surface area contributed by atoms with Gasteiger partial charge in [-0.1, -0.05) is 60.7 Å². The van der Waals surface area contributed by atoms with Crippen LogP contribution in [0.15, 0.2) is 60.7 Å². The van der Waals surface area contributed by atoms with Gasteiger partial charge < -0.3 is 9.94 Å². The Bertz CT molecular complexity index is 877. The van der Waals surface area contributed by atoms with Gasteiger partial charge in [0, 0.05) is 12.8 Å². The monoisotopic (exact) mass is 463 g/mol. The summed E-state index contributed by atoms with van der Waals surface area (Å²) < 4.78 is 29.5. The van der Waals surface area contributed by atoms with Crippen LogP contribution in [-0.4, -0.2) is 34.9 Å². The van der Waals surface area contributed by atoms with Crippen LogP contribution < -0.4 is 0 Å². The second-order valence-electron chi connectivity index (χ2n) is 7.10. The van der Waals surface area contributed by atoms with Gasteiger partial charge >= 0.3 is 13.8 Å². The smallest absolute Gasteiger partial charge is 0.370 e. The van der Waals surface area contributed by atoms with Crippen molar-refractivity contribution in [2.45, 2.75) is 45.1 Å². The summed E-state index contributed by atoms with van der Waals surface area (Å²) in [7, 11) is -3.92. The van der Waals surface area contributed by atoms with E-state index in [1.165, 1.54) is 0 Å². The van der Waals surface area contributed by atoms with Crippen LogP contribution in [0.1, 0.15) is 36.8 Å². The topological polar surface area (TPSA) is 112 Å². The quantitative estimate of drug-likeness (QED) is 0.374. The van der Waals surface area contributed by atoms with Crippen molar-refractivity contribution in [2.75, 3.05) is 6.61 Å². The van der Waals surface area contributed by atoms with Gasteiger partial charge in [0.2, 0.25) is 0 Å². The van der Waals surface area contributed by atoms with Gasteiger partial charge in [-0.05, 0) is 17.5 Å². The van der Waals surface area contributed by atoms with Crippen molar-refractivity contribution in [1.82, 2.24) is 5.06 Å². The number of amides is 1. The summed E-state index contributed by atoms with van der Waals surface area (Å²) >= 11 is 0. The third kappa shape index (κ3) is 7.55. The molecule has 0 bridgehead atoms. The first-order valence-electron chi connectivity index (χ1n) is 10.3. The average molecular weight is 463 g/mol. The number of phosphoric ester groups is 1. The van der Waals surface area contributed by atoms with Gasteiger partial charge in [0.15, 0.2) is 6.23 Å². The van der Waals surface area contributed by atoms with Gasteiger partial charge in [0.25, 0.3) is 5.91 Å². The molecule has 1 N–H and O–H groups in total. The molecule has 9 nitrogen and oxygen atoms in total. The van der Waals surface area contributed by atoms with Crippen LogP contribution in [0.3, 0.4) is 0 Å². The Labute approximate surface area is 186 Å². The van der Waals surface area contributed by atoms with E-state index in [0.29, 0.717) is 5.06 Å². The van der Waals surface area contributed by atoms with E-state index in [9.17, 15) is 19.3 Å². The van der Waals surface area contributed by atoms with Gasteiger partial charge in [-0.25, -0.2) is 9.36 Å². The van der Waals surface area contributed by atoms with Gasteiger partial charge in [-0.2, -0.15) is 0 Å². The summed E-state index contributed by atoms with van der Waals surface area (Å²) in [6, 6.07) is 18.4. The Kier molecular flexibility index (Phi) is 8.96. The Hall–Kier alpha value is -2.55. The summed E-state index contributed by atoms with van der Waals surface area (Å²) in [5.74, 6) is -1.15. The van der Waals surface area contributed by atoms with Crippen molar-refractivity contribution in [2.24, 2.45) is 0 Å². The zero-order chi connectivity index (χ0) is 22.8. The minimum absolute atomic E-state index is 0.0317. The molecule has 0 aromatic heterocycles. The van der Waals surface area contributed by atoms with Crippen molar-refractivity contribution in [3.8, 4) is 0 Å². The minimum Gasteiger partial charge on any atom is -0.370 e. The molecule has 1 aliphatic heterocycles. The Morgan fingerprint density at radius 2 is 1.53 bits per heavy atom. The highest BCUT2D eigenvalue weighted by Gasteiger charge is 2.33. The zero-order valence-corrected chi connectivity index (χ0v) is 18.4. The first-order chi connectivity index (χ1) is 15.5. The SMILES string of the molecule is O=C(CCCOP(=O)(OCc1ccccc1)OCc1ccccc1)ON1C(=O)CCC1O. The fraction of sp³-hybridized carbons (Fsp3) is 0.364. The molecule has 1 fully saturated rings. The molecule has 0 saturated carbocycles. The number of carbonyl (C=O) groups excluding carboxylic acids is 2. The molecule has 1 amide bonds.